The second kappa shape index (κ2) is 12.3. The number of ether oxygens (including phenoxy) is 3. The van der Waals surface area contributed by atoms with E-state index in [0.717, 1.165) is 0 Å². The van der Waals surface area contributed by atoms with E-state index in [1.807, 2.05) is 13.8 Å². The Morgan fingerprint density at radius 1 is 0.972 bits per heavy atom. The van der Waals surface area contributed by atoms with E-state index in [0.29, 0.717) is 74.4 Å². The molecule has 0 radical (unpaired) electrons. The van der Waals surface area contributed by atoms with Crippen molar-refractivity contribution in [2.24, 2.45) is 0 Å². The van der Waals surface area contributed by atoms with Crippen molar-refractivity contribution in [2.45, 2.75) is 40.7 Å². The maximum Gasteiger partial charge on any atom is 0.409 e. The van der Waals surface area contributed by atoms with Gasteiger partial charge in [0.25, 0.3) is 5.91 Å². The lowest BCUT2D eigenvalue weighted by atomic mass is 10.2. The molecule has 2 heterocycles. The standard InChI is InChI=1S/C25H35N5O6/c1-6-34-21-10-9-19(15-22(21)35-7-2)23(31)26-20-16-30(27-17(20)4)18(5)24(32)28-11-13-29(14-12-28)25(33)36-8-3/h9-10,15-16,18H,6-8,11-14H2,1-5H3,(H,26,31). The van der Waals surface area contributed by atoms with Gasteiger partial charge in [-0.05, 0) is 52.8 Å². The number of carbonyl (C=O) groups is 3. The first-order valence-corrected chi connectivity index (χ1v) is 12.3. The summed E-state index contributed by atoms with van der Waals surface area (Å²) in [5.74, 6) is 0.652. The van der Waals surface area contributed by atoms with Crippen LogP contribution in [0.3, 0.4) is 0 Å². The van der Waals surface area contributed by atoms with Crippen LogP contribution in [0.25, 0.3) is 0 Å². The Balaban J connectivity index is 1.65. The second-order valence-corrected chi connectivity index (χ2v) is 8.28. The molecule has 1 fully saturated rings. The van der Waals surface area contributed by atoms with Gasteiger partial charge in [-0.1, -0.05) is 0 Å². The molecule has 0 bridgehead atoms. The van der Waals surface area contributed by atoms with Gasteiger partial charge >= 0.3 is 6.09 Å². The van der Waals surface area contributed by atoms with Gasteiger partial charge in [0.05, 0.1) is 31.2 Å². The molecule has 11 nitrogen and oxygen atoms in total. The van der Waals surface area contributed by atoms with E-state index < -0.39 is 6.04 Å². The summed E-state index contributed by atoms with van der Waals surface area (Å²) < 4.78 is 17.8. The zero-order chi connectivity index (χ0) is 26.2. The van der Waals surface area contributed by atoms with Gasteiger partial charge in [0.1, 0.15) is 6.04 Å². The average Bonchev–Trinajstić information content (AvgIpc) is 3.24. The number of rotatable bonds is 9. The third kappa shape index (κ3) is 6.27. The number of carbonyl (C=O) groups excluding carboxylic acids is 3. The third-order valence-electron chi connectivity index (χ3n) is 5.84. The zero-order valence-electron chi connectivity index (χ0n) is 21.6. The predicted molar refractivity (Wildman–Crippen MR) is 134 cm³/mol. The number of amides is 3. The van der Waals surface area contributed by atoms with Gasteiger partial charge in [-0.3, -0.25) is 14.3 Å². The van der Waals surface area contributed by atoms with Crippen LogP contribution in [0.4, 0.5) is 10.5 Å². The van der Waals surface area contributed by atoms with Crippen LogP contribution in [0.5, 0.6) is 11.5 Å². The lowest BCUT2D eigenvalue weighted by molar-refractivity contribution is -0.136. The monoisotopic (exact) mass is 501 g/mol. The first kappa shape index (κ1) is 26.8. The lowest BCUT2D eigenvalue weighted by Gasteiger charge is -2.35. The first-order valence-electron chi connectivity index (χ1n) is 12.3. The molecule has 0 aliphatic carbocycles. The van der Waals surface area contributed by atoms with Crippen LogP contribution in [-0.4, -0.2) is 83.5 Å². The van der Waals surface area contributed by atoms with Crippen molar-refractivity contribution in [1.82, 2.24) is 19.6 Å². The van der Waals surface area contributed by atoms with Gasteiger partial charge in [-0.15, -0.1) is 0 Å². The van der Waals surface area contributed by atoms with Crippen LogP contribution in [0, 0.1) is 6.92 Å². The molecule has 3 amide bonds. The number of anilines is 1. The number of aromatic nitrogens is 2. The lowest BCUT2D eigenvalue weighted by Crippen LogP contribution is -2.52. The highest BCUT2D eigenvalue weighted by Crippen LogP contribution is 2.29. The largest absolute Gasteiger partial charge is 0.490 e. The molecule has 1 N–H and O–H groups in total. The van der Waals surface area contributed by atoms with Gasteiger partial charge in [-0.2, -0.15) is 5.10 Å². The highest BCUT2D eigenvalue weighted by atomic mass is 16.6. The fraction of sp³-hybridized carbons (Fsp3) is 0.520. The number of benzene rings is 1. The summed E-state index contributed by atoms with van der Waals surface area (Å²) in [6.07, 6.45) is 1.30. The van der Waals surface area contributed by atoms with Crippen LogP contribution in [-0.2, 0) is 9.53 Å². The predicted octanol–water partition coefficient (Wildman–Crippen LogP) is 3.10. The molecule has 3 rings (SSSR count). The van der Waals surface area contributed by atoms with Gasteiger partial charge in [0, 0.05) is 37.9 Å². The van der Waals surface area contributed by atoms with Crippen molar-refractivity contribution in [3.8, 4) is 11.5 Å². The summed E-state index contributed by atoms with van der Waals surface area (Å²) in [4.78, 5) is 41.2. The summed E-state index contributed by atoms with van der Waals surface area (Å²) in [6.45, 7) is 12.0. The number of hydrogen-bond donors (Lipinski definition) is 1. The molecule has 1 aliphatic heterocycles. The Hall–Kier alpha value is -3.76. The molecule has 1 saturated heterocycles. The van der Waals surface area contributed by atoms with Crippen molar-refractivity contribution in [3.63, 3.8) is 0 Å². The van der Waals surface area contributed by atoms with Crippen LogP contribution < -0.4 is 14.8 Å². The van der Waals surface area contributed by atoms with Crippen LogP contribution >= 0.6 is 0 Å². The van der Waals surface area contributed by atoms with Gasteiger partial charge in [0.15, 0.2) is 11.5 Å². The van der Waals surface area contributed by atoms with E-state index in [1.54, 1.807) is 59.6 Å². The maximum atomic E-state index is 13.1. The number of piperazine rings is 1. The molecule has 0 spiro atoms. The van der Waals surface area contributed by atoms with E-state index >= 15 is 0 Å². The Labute approximate surface area is 211 Å². The molecule has 1 unspecified atom stereocenters. The summed E-state index contributed by atoms with van der Waals surface area (Å²) in [6, 6.07) is 4.46. The molecule has 1 aromatic carbocycles. The van der Waals surface area contributed by atoms with Crippen molar-refractivity contribution in [1.29, 1.82) is 0 Å². The number of nitrogens with one attached hydrogen (secondary N) is 1. The van der Waals surface area contributed by atoms with E-state index in [1.165, 1.54) is 0 Å². The molecule has 1 atom stereocenters. The molecule has 1 aromatic heterocycles. The van der Waals surface area contributed by atoms with Crippen LogP contribution in [0.2, 0.25) is 0 Å². The quantitative estimate of drug-likeness (QED) is 0.561. The molecule has 11 heteroatoms. The molecule has 196 valence electrons. The number of aryl methyl sites for hydroxylation is 1. The minimum Gasteiger partial charge on any atom is -0.490 e. The summed E-state index contributed by atoms with van der Waals surface area (Å²) in [5, 5.41) is 7.32. The minimum absolute atomic E-state index is 0.105. The van der Waals surface area contributed by atoms with E-state index in [9.17, 15) is 14.4 Å². The highest BCUT2D eigenvalue weighted by Gasteiger charge is 2.29. The van der Waals surface area contributed by atoms with E-state index in [2.05, 4.69) is 10.4 Å². The van der Waals surface area contributed by atoms with Crippen molar-refractivity contribution < 1.29 is 28.6 Å². The maximum absolute atomic E-state index is 13.1. The fourth-order valence-corrected chi connectivity index (χ4v) is 3.89. The number of nitrogens with zero attached hydrogens (tertiary/aromatic N) is 4. The van der Waals surface area contributed by atoms with Gasteiger partial charge in [-0.25, -0.2) is 4.79 Å². The SMILES string of the molecule is CCOC(=O)N1CCN(C(=O)C(C)n2cc(NC(=O)c3ccc(OCC)c(OCC)c3)c(C)n2)CC1. The van der Waals surface area contributed by atoms with Gasteiger partial charge < -0.3 is 29.3 Å². The van der Waals surface area contributed by atoms with E-state index in [-0.39, 0.29) is 17.9 Å². The fourth-order valence-electron chi connectivity index (χ4n) is 3.89. The van der Waals surface area contributed by atoms with Crippen LogP contribution in [0.15, 0.2) is 24.4 Å². The zero-order valence-corrected chi connectivity index (χ0v) is 21.6. The Morgan fingerprint density at radius 3 is 2.25 bits per heavy atom. The molecule has 1 aliphatic rings. The summed E-state index contributed by atoms with van der Waals surface area (Å²) >= 11 is 0. The Morgan fingerprint density at radius 2 is 1.61 bits per heavy atom. The Bertz CT molecular complexity index is 1080. The van der Waals surface area contributed by atoms with Crippen molar-refractivity contribution in [2.75, 3.05) is 51.3 Å². The highest BCUT2D eigenvalue weighted by molar-refractivity contribution is 6.05. The van der Waals surface area contributed by atoms with Gasteiger partial charge in [0.2, 0.25) is 5.91 Å². The second-order valence-electron chi connectivity index (χ2n) is 8.28. The van der Waals surface area contributed by atoms with Crippen LogP contribution in [0.1, 0.15) is 49.8 Å². The molecule has 2 aromatic rings. The first-order chi connectivity index (χ1) is 17.3. The summed E-state index contributed by atoms with van der Waals surface area (Å²) in [7, 11) is 0. The average molecular weight is 502 g/mol. The summed E-state index contributed by atoms with van der Waals surface area (Å²) in [5.41, 5.74) is 1.52. The molecular weight excluding hydrogens is 466 g/mol. The number of hydrogen-bond acceptors (Lipinski definition) is 7. The molecule has 0 saturated carbocycles. The smallest absolute Gasteiger partial charge is 0.409 e. The van der Waals surface area contributed by atoms with Crippen molar-refractivity contribution in [3.05, 3.63) is 35.7 Å². The minimum atomic E-state index is -0.571. The topological polar surface area (TPSA) is 115 Å². The molecule has 36 heavy (non-hydrogen) atoms. The third-order valence-corrected chi connectivity index (χ3v) is 5.84. The normalized spacial score (nSPS) is 14.2. The van der Waals surface area contributed by atoms with E-state index in [4.69, 9.17) is 14.2 Å². The Kier molecular flexibility index (Phi) is 9.15. The van der Waals surface area contributed by atoms with Crippen molar-refractivity contribution >= 4 is 23.6 Å². The molecular formula is C25H35N5O6.